The van der Waals surface area contributed by atoms with E-state index in [1.165, 1.54) is 30.3 Å². The number of anilines is 1. The van der Waals surface area contributed by atoms with E-state index < -0.39 is 15.7 Å². The summed E-state index contributed by atoms with van der Waals surface area (Å²) in [7, 11) is -3.86. The number of likely N-dealkylation sites (N-methyl/N-ethyl adjacent to an activating group) is 1. The highest BCUT2D eigenvalue weighted by Gasteiger charge is 2.16. The van der Waals surface area contributed by atoms with Gasteiger partial charge in [-0.3, -0.25) is 14.4 Å². The highest BCUT2D eigenvalue weighted by Crippen LogP contribution is 2.19. The number of hydrogen-bond donors (Lipinski definition) is 4. The Kier molecular flexibility index (Phi) is 6.81. The lowest BCUT2D eigenvalue weighted by molar-refractivity contribution is 0.0946. The van der Waals surface area contributed by atoms with Crippen LogP contribution in [0.3, 0.4) is 0 Å². The standard InChI is InChI=1S/C21H27N5O4S/c1-4-26(14(2)3)12-11-22-20(27)15-5-7-16(8-6-15)25-31(29,30)17-9-10-18-19(13-17)24-21(28)23-18/h5-10,13-14,25H,4,11-12H2,1-3H3,(H,22,27)(H2,23,24,28). The van der Waals surface area contributed by atoms with Crippen LogP contribution in [-0.2, 0) is 10.0 Å². The van der Waals surface area contributed by atoms with E-state index in [9.17, 15) is 18.0 Å². The average molecular weight is 446 g/mol. The van der Waals surface area contributed by atoms with Crippen molar-refractivity contribution in [1.29, 1.82) is 0 Å². The van der Waals surface area contributed by atoms with Gasteiger partial charge in [0, 0.05) is 30.4 Å². The summed E-state index contributed by atoms with van der Waals surface area (Å²) >= 11 is 0. The SMILES string of the molecule is CCN(CCNC(=O)c1ccc(NS(=O)(=O)c2ccc3[nH]c(=O)[nH]c3c2)cc1)C(C)C. The lowest BCUT2D eigenvalue weighted by Gasteiger charge is -2.24. The van der Waals surface area contributed by atoms with Crippen LogP contribution < -0.4 is 15.7 Å². The van der Waals surface area contributed by atoms with Gasteiger partial charge in [0.15, 0.2) is 0 Å². The second kappa shape index (κ2) is 9.36. The molecule has 1 heterocycles. The van der Waals surface area contributed by atoms with Crippen molar-refractivity contribution in [1.82, 2.24) is 20.2 Å². The third-order valence-electron chi connectivity index (χ3n) is 5.02. The maximum absolute atomic E-state index is 12.7. The summed E-state index contributed by atoms with van der Waals surface area (Å²) in [6, 6.07) is 10.9. The molecule has 4 N–H and O–H groups in total. The van der Waals surface area contributed by atoms with Gasteiger partial charge in [-0.25, -0.2) is 13.2 Å². The maximum Gasteiger partial charge on any atom is 0.323 e. The van der Waals surface area contributed by atoms with E-state index in [0.29, 0.717) is 34.9 Å². The van der Waals surface area contributed by atoms with Crippen LogP contribution in [0.5, 0.6) is 0 Å². The Morgan fingerprint density at radius 2 is 1.74 bits per heavy atom. The fraction of sp³-hybridized carbons (Fsp3) is 0.333. The number of sulfonamides is 1. The van der Waals surface area contributed by atoms with Crippen LogP contribution in [-0.4, -0.2) is 54.9 Å². The third kappa shape index (κ3) is 5.53. The van der Waals surface area contributed by atoms with Gasteiger partial charge in [0.05, 0.1) is 15.9 Å². The van der Waals surface area contributed by atoms with Crippen molar-refractivity contribution in [3.8, 4) is 0 Å². The molecule has 0 bridgehead atoms. The van der Waals surface area contributed by atoms with Crippen LogP contribution in [0.1, 0.15) is 31.1 Å². The first kappa shape index (κ1) is 22.6. The Bertz CT molecular complexity index is 1210. The van der Waals surface area contributed by atoms with Gasteiger partial charge in [0.25, 0.3) is 15.9 Å². The summed E-state index contributed by atoms with van der Waals surface area (Å²) < 4.78 is 27.8. The Hall–Kier alpha value is -3.11. The minimum atomic E-state index is -3.86. The predicted molar refractivity (Wildman–Crippen MR) is 121 cm³/mol. The van der Waals surface area contributed by atoms with Crippen LogP contribution in [0, 0.1) is 0 Å². The van der Waals surface area contributed by atoms with Crippen LogP contribution in [0.25, 0.3) is 11.0 Å². The lowest BCUT2D eigenvalue weighted by atomic mass is 10.2. The van der Waals surface area contributed by atoms with E-state index >= 15 is 0 Å². The minimum absolute atomic E-state index is 0.0164. The number of carbonyl (C=O) groups excluding carboxylic acids is 1. The molecule has 0 aliphatic carbocycles. The molecule has 0 atom stereocenters. The molecular weight excluding hydrogens is 418 g/mol. The normalized spacial score (nSPS) is 11.9. The number of hydrogen-bond acceptors (Lipinski definition) is 5. The number of amides is 1. The molecule has 9 nitrogen and oxygen atoms in total. The molecule has 3 aromatic rings. The zero-order chi connectivity index (χ0) is 22.6. The highest BCUT2D eigenvalue weighted by atomic mass is 32.2. The Morgan fingerprint density at radius 1 is 1.06 bits per heavy atom. The van der Waals surface area contributed by atoms with Crippen molar-refractivity contribution in [2.75, 3.05) is 24.4 Å². The smallest absolute Gasteiger partial charge is 0.323 e. The van der Waals surface area contributed by atoms with Crippen LogP contribution >= 0.6 is 0 Å². The molecule has 1 aromatic heterocycles. The molecule has 1 amide bonds. The van der Waals surface area contributed by atoms with E-state index in [0.717, 1.165) is 13.1 Å². The summed E-state index contributed by atoms with van der Waals surface area (Å²) in [6.07, 6.45) is 0. The molecule has 0 saturated carbocycles. The van der Waals surface area contributed by atoms with Crippen molar-refractivity contribution in [2.24, 2.45) is 0 Å². The minimum Gasteiger partial charge on any atom is -0.351 e. The predicted octanol–water partition coefficient (Wildman–Crippen LogP) is 2.12. The number of rotatable bonds is 9. The molecule has 3 rings (SSSR count). The molecule has 0 saturated heterocycles. The highest BCUT2D eigenvalue weighted by molar-refractivity contribution is 7.92. The first-order valence-corrected chi connectivity index (χ1v) is 11.5. The van der Waals surface area contributed by atoms with Crippen LogP contribution in [0.2, 0.25) is 0 Å². The summed E-state index contributed by atoms with van der Waals surface area (Å²) in [6.45, 7) is 8.51. The van der Waals surface area contributed by atoms with E-state index in [2.05, 4.69) is 45.7 Å². The molecule has 10 heteroatoms. The van der Waals surface area contributed by atoms with Gasteiger partial charge in [0.2, 0.25) is 0 Å². The summed E-state index contributed by atoms with van der Waals surface area (Å²) in [4.78, 5) is 31.1. The Labute approximate surface area is 180 Å². The number of fused-ring (bicyclic) bond motifs is 1. The van der Waals surface area contributed by atoms with Gasteiger partial charge in [-0.15, -0.1) is 0 Å². The Morgan fingerprint density at radius 3 is 2.39 bits per heavy atom. The number of nitrogens with zero attached hydrogens (tertiary/aromatic N) is 1. The molecule has 0 unspecified atom stereocenters. The van der Waals surface area contributed by atoms with Gasteiger partial charge in [-0.1, -0.05) is 6.92 Å². The van der Waals surface area contributed by atoms with Gasteiger partial charge < -0.3 is 15.3 Å². The molecule has 0 spiro atoms. The van der Waals surface area contributed by atoms with Crippen molar-refractivity contribution >= 4 is 32.7 Å². The second-order valence-electron chi connectivity index (χ2n) is 7.45. The molecule has 0 aliphatic heterocycles. The number of H-pyrrole nitrogens is 2. The third-order valence-corrected chi connectivity index (χ3v) is 6.40. The zero-order valence-electron chi connectivity index (χ0n) is 17.7. The fourth-order valence-corrected chi connectivity index (χ4v) is 4.36. The van der Waals surface area contributed by atoms with Crippen molar-refractivity contribution in [3.63, 3.8) is 0 Å². The fourth-order valence-electron chi connectivity index (χ4n) is 3.28. The van der Waals surface area contributed by atoms with E-state index in [1.807, 2.05) is 0 Å². The monoisotopic (exact) mass is 445 g/mol. The average Bonchev–Trinajstić information content (AvgIpc) is 3.10. The van der Waals surface area contributed by atoms with Crippen LogP contribution in [0.15, 0.2) is 52.2 Å². The van der Waals surface area contributed by atoms with Crippen LogP contribution in [0.4, 0.5) is 5.69 Å². The maximum atomic E-state index is 12.7. The van der Waals surface area contributed by atoms with Crippen molar-refractivity contribution in [2.45, 2.75) is 31.7 Å². The largest absolute Gasteiger partial charge is 0.351 e. The molecule has 31 heavy (non-hydrogen) atoms. The van der Waals surface area contributed by atoms with Gasteiger partial charge in [-0.05, 0) is 62.9 Å². The number of nitrogens with one attached hydrogen (secondary N) is 4. The van der Waals surface area contributed by atoms with E-state index in [-0.39, 0.29) is 10.8 Å². The second-order valence-corrected chi connectivity index (χ2v) is 9.13. The van der Waals surface area contributed by atoms with Gasteiger partial charge in [-0.2, -0.15) is 0 Å². The molecular formula is C21H27N5O4S. The summed E-state index contributed by atoms with van der Waals surface area (Å²) in [5.74, 6) is -0.212. The molecule has 166 valence electrons. The number of carbonyl (C=O) groups is 1. The van der Waals surface area contributed by atoms with Crippen molar-refractivity contribution < 1.29 is 13.2 Å². The van der Waals surface area contributed by atoms with Crippen molar-refractivity contribution in [3.05, 3.63) is 58.5 Å². The topological polar surface area (TPSA) is 127 Å². The van der Waals surface area contributed by atoms with Gasteiger partial charge in [0.1, 0.15) is 0 Å². The number of aromatic nitrogens is 2. The summed E-state index contributed by atoms with van der Waals surface area (Å²) in [5, 5.41) is 2.88. The van der Waals surface area contributed by atoms with E-state index in [4.69, 9.17) is 0 Å². The quantitative estimate of drug-likeness (QED) is 0.401. The number of aromatic amines is 2. The molecule has 2 aromatic carbocycles. The first-order chi connectivity index (χ1) is 14.7. The number of imidazole rings is 1. The number of benzene rings is 2. The summed E-state index contributed by atoms with van der Waals surface area (Å²) in [5.41, 5.74) is 1.30. The molecule has 0 aliphatic rings. The lowest BCUT2D eigenvalue weighted by Crippen LogP contribution is -2.38. The molecule has 0 radical (unpaired) electrons. The van der Waals surface area contributed by atoms with E-state index in [1.54, 1.807) is 12.1 Å². The Balaban J connectivity index is 1.63. The zero-order valence-corrected chi connectivity index (χ0v) is 18.5. The first-order valence-electron chi connectivity index (χ1n) is 10.1. The molecule has 0 fully saturated rings. The van der Waals surface area contributed by atoms with Gasteiger partial charge >= 0.3 is 5.69 Å².